The summed E-state index contributed by atoms with van der Waals surface area (Å²) in [6, 6.07) is 7.05. The molecule has 1 aromatic carbocycles. The highest BCUT2D eigenvalue weighted by molar-refractivity contribution is 7.99. The van der Waals surface area contributed by atoms with Crippen molar-refractivity contribution in [3.63, 3.8) is 0 Å². The summed E-state index contributed by atoms with van der Waals surface area (Å²) in [6.07, 6.45) is 0.435. The van der Waals surface area contributed by atoms with E-state index < -0.39 is 0 Å². The maximum absolute atomic E-state index is 12.2. The van der Waals surface area contributed by atoms with Crippen molar-refractivity contribution in [3.8, 4) is 0 Å². The molecule has 2 aliphatic rings. The van der Waals surface area contributed by atoms with Gasteiger partial charge in [0, 0.05) is 36.2 Å². The first-order valence-electron chi connectivity index (χ1n) is 7.90. The second kappa shape index (κ2) is 9.07. The van der Waals surface area contributed by atoms with Gasteiger partial charge in [-0.05, 0) is 17.7 Å². The Balaban J connectivity index is 0.00000225. The van der Waals surface area contributed by atoms with Crippen LogP contribution >= 0.6 is 24.2 Å². The smallest absolute Gasteiger partial charge is 0.324 e. The lowest BCUT2D eigenvalue weighted by molar-refractivity contribution is -0.125. The molecule has 2 heterocycles. The molecule has 0 spiro atoms. The van der Waals surface area contributed by atoms with Crippen LogP contribution in [0.1, 0.15) is 12.0 Å². The van der Waals surface area contributed by atoms with Crippen molar-refractivity contribution in [3.05, 3.63) is 29.8 Å². The van der Waals surface area contributed by atoms with Gasteiger partial charge in [0.25, 0.3) is 0 Å². The molecular formula is C16H21ClN4O3S. The fraction of sp³-hybridized carbons (Fsp3) is 0.438. The summed E-state index contributed by atoms with van der Waals surface area (Å²) in [5, 5.41) is 8.71. The van der Waals surface area contributed by atoms with Gasteiger partial charge < -0.3 is 16.0 Å². The number of carbonyl (C=O) groups is 3. The topological polar surface area (TPSA) is 90.5 Å². The van der Waals surface area contributed by atoms with Gasteiger partial charge in [-0.2, -0.15) is 11.8 Å². The molecule has 2 aliphatic heterocycles. The number of carbonyl (C=O) groups excluding carboxylic acids is 3. The predicted octanol–water partition coefficient (Wildman–Crippen LogP) is 1.19. The number of benzene rings is 1. The Labute approximate surface area is 156 Å². The van der Waals surface area contributed by atoms with E-state index in [0.717, 1.165) is 23.6 Å². The van der Waals surface area contributed by atoms with E-state index >= 15 is 0 Å². The molecule has 2 saturated heterocycles. The molecule has 1 atom stereocenters. The van der Waals surface area contributed by atoms with Crippen molar-refractivity contribution in [1.82, 2.24) is 15.5 Å². The third kappa shape index (κ3) is 5.35. The van der Waals surface area contributed by atoms with Gasteiger partial charge in [-0.15, -0.1) is 12.4 Å². The van der Waals surface area contributed by atoms with Gasteiger partial charge in [0.2, 0.25) is 11.8 Å². The van der Waals surface area contributed by atoms with E-state index in [-0.39, 0.29) is 49.4 Å². The van der Waals surface area contributed by atoms with Gasteiger partial charge in [-0.1, -0.05) is 12.1 Å². The normalized spacial score (nSPS) is 20.0. The van der Waals surface area contributed by atoms with Crippen LogP contribution in [0.5, 0.6) is 0 Å². The average molecular weight is 385 g/mol. The monoisotopic (exact) mass is 384 g/mol. The molecule has 136 valence electrons. The van der Waals surface area contributed by atoms with Gasteiger partial charge in [0.15, 0.2) is 0 Å². The zero-order valence-electron chi connectivity index (χ0n) is 13.6. The van der Waals surface area contributed by atoms with Crippen LogP contribution in [0, 0.1) is 0 Å². The predicted molar refractivity (Wildman–Crippen MR) is 100 cm³/mol. The maximum atomic E-state index is 12.2. The number of nitrogens with zero attached hydrogens (tertiary/aromatic N) is 1. The van der Waals surface area contributed by atoms with E-state index in [0.29, 0.717) is 12.1 Å². The highest BCUT2D eigenvalue weighted by atomic mass is 35.5. The fourth-order valence-electron chi connectivity index (χ4n) is 2.73. The summed E-state index contributed by atoms with van der Waals surface area (Å²) >= 11 is 1.85. The number of thioether (sulfide) groups is 1. The minimum Gasteiger partial charge on any atom is -0.329 e. The van der Waals surface area contributed by atoms with Crippen molar-refractivity contribution in [2.24, 2.45) is 0 Å². The second-order valence-corrected chi connectivity index (χ2v) is 6.97. The van der Waals surface area contributed by atoms with Gasteiger partial charge in [0.1, 0.15) is 0 Å². The quantitative estimate of drug-likeness (QED) is 0.663. The number of rotatable bonds is 5. The maximum Gasteiger partial charge on any atom is 0.324 e. The SMILES string of the molecule is Cl.O=C(CC1CSCCN1)Nc1cccc(CN2C(=O)CNC2=O)c1. The molecular weight excluding hydrogens is 364 g/mol. The van der Waals surface area contributed by atoms with Crippen molar-refractivity contribution >= 4 is 47.7 Å². The van der Waals surface area contributed by atoms with Gasteiger partial charge in [-0.3, -0.25) is 14.5 Å². The van der Waals surface area contributed by atoms with E-state index in [1.807, 2.05) is 17.8 Å². The van der Waals surface area contributed by atoms with Crippen molar-refractivity contribution in [2.45, 2.75) is 19.0 Å². The van der Waals surface area contributed by atoms with Crippen LogP contribution in [0.15, 0.2) is 24.3 Å². The molecule has 0 radical (unpaired) electrons. The zero-order chi connectivity index (χ0) is 16.9. The van der Waals surface area contributed by atoms with Crippen LogP contribution in [0.4, 0.5) is 10.5 Å². The number of halogens is 1. The molecule has 0 bridgehead atoms. The number of anilines is 1. The minimum absolute atomic E-state index is 0. The molecule has 0 aromatic heterocycles. The van der Waals surface area contributed by atoms with Crippen LogP contribution in [0.25, 0.3) is 0 Å². The Morgan fingerprint density at radius 3 is 2.88 bits per heavy atom. The van der Waals surface area contributed by atoms with E-state index in [2.05, 4.69) is 16.0 Å². The lowest BCUT2D eigenvalue weighted by atomic mass is 10.1. The lowest BCUT2D eigenvalue weighted by Crippen LogP contribution is -2.39. The van der Waals surface area contributed by atoms with Gasteiger partial charge in [-0.25, -0.2) is 4.79 Å². The number of hydrogen-bond donors (Lipinski definition) is 3. The van der Waals surface area contributed by atoms with E-state index in [4.69, 9.17) is 0 Å². The first-order valence-corrected chi connectivity index (χ1v) is 9.05. The molecule has 3 rings (SSSR count). The van der Waals surface area contributed by atoms with Crippen molar-refractivity contribution < 1.29 is 14.4 Å². The third-order valence-corrected chi connectivity index (χ3v) is 5.05. The van der Waals surface area contributed by atoms with E-state index in [9.17, 15) is 14.4 Å². The molecule has 1 aromatic rings. The zero-order valence-corrected chi connectivity index (χ0v) is 15.3. The molecule has 1 unspecified atom stereocenters. The van der Waals surface area contributed by atoms with Crippen LogP contribution < -0.4 is 16.0 Å². The molecule has 3 N–H and O–H groups in total. The highest BCUT2D eigenvalue weighted by Gasteiger charge is 2.28. The van der Waals surface area contributed by atoms with Crippen LogP contribution in [-0.2, 0) is 16.1 Å². The number of nitrogens with one attached hydrogen (secondary N) is 3. The summed E-state index contributed by atoms with van der Waals surface area (Å²) in [4.78, 5) is 36.5. The third-order valence-electron chi connectivity index (χ3n) is 3.92. The van der Waals surface area contributed by atoms with Gasteiger partial charge in [0.05, 0.1) is 13.1 Å². The standard InChI is InChI=1S/C16H20N4O3S.ClH/c21-14(7-13-10-24-5-4-17-13)19-12-3-1-2-11(6-12)9-20-15(22)8-18-16(20)23;/h1-3,6,13,17H,4-5,7-10H2,(H,18,23)(H,19,21);1H. The summed E-state index contributed by atoms with van der Waals surface area (Å²) in [5.74, 6) is 1.75. The van der Waals surface area contributed by atoms with E-state index in [1.165, 1.54) is 4.90 Å². The highest BCUT2D eigenvalue weighted by Crippen LogP contribution is 2.16. The largest absolute Gasteiger partial charge is 0.329 e. The van der Waals surface area contributed by atoms with Crippen LogP contribution in [0.3, 0.4) is 0 Å². The lowest BCUT2D eigenvalue weighted by Gasteiger charge is -2.22. The molecule has 4 amide bonds. The minimum atomic E-state index is -0.379. The van der Waals surface area contributed by atoms with Crippen molar-refractivity contribution in [2.75, 3.05) is 29.9 Å². The summed E-state index contributed by atoms with van der Waals surface area (Å²) in [6.45, 7) is 1.18. The fourth-order valence-corrected chi connectivity index (χ4v) is 3.68. The van der Waals surface area contributed by atoms with Crippen molar-refractivity contribution in [1.29, 1.82) is 0 Å². The van der Waals surface area contributed by atoms with Crippen LogP contribution in [0.2, 0.25) is 0 Å². The second-order valence-electron chi connectivity index (χ2n) is 5.82. The summed E-state index contributed by atoms with van der Waals surface area (Å²) < 4.78 is 0. The Bertz CT molecular complexity index is 636. The number of urea groups is 1. The number of imide groups is 1. The number of amides is 4. The van der Waals surface area contributed by atoms with Crippen LogP contribution in [-0.4, -0.2) is 53.4 Å². The summed E-state index contributed by atoms with van der Waals surface area (Å²) in [5.41, 5.74) is 1.47. The Hall–Kier alpha value is -1.77. The first-order chi connectivity index (χ1) is 11.6. The summed E-state index contributed by atoms with van der Waals surface area (Å²) in [7, 11) is 0. The average Bonchev–Trinajstić information content (AvgIpc) is 2.88. The first kappa shape index (κ1) is 19.6. The molecule has 0 aliphatic carbocycles. The molecule has 25 heavy (non-hydrogen) atoms. The molecule has 0 saturated carbocycles. The van der Waals surface area contributed by atoms with E-state index in [1.54, 1.807) is 18.2 Å². The van der Waals surface area contributed by atoms with Gasteiger partial charge >= 0.3 is 6.03 Å². The number of hydrogen-bond acceptors (Lipinski definition) is 5. The molecule has 2 fully saturated rings. The molecule has 7 nitrogen and oxygen atoms in total. The Kier molecular flexibility index (Phi) is 7.10. The Morgan fingerprint density at radius 1 is 1.36 bits per heavy atom. The Morgan fingerprint density at radius 2 is 2.20 bits per heavy atom. The molecule has 9 heteroatoms.